The number of ether oxygens (including phenoxy) is 1. The Bertz CT molecular complexity index is 509. The summed E-state index contributed by atoms with van der Waals surface area (Å²) in [5.41, 5.74) is 1.22. The molecule has 4 nitrogen and oxygen atoms in total. The van der Waals surface area contributed by atoms with Gasteiger partial charge in [-0.3, -0.25) is 4.79 Å². The monoisotopic (exact) mass is 324 g/mol. The smallest absolute Gasteiger partial charge is 0.223 e. The largest absolute Gasteiger partial charge is 0.493 e. The van der Waals surface area contributed by atoms with Crippen LogP contribution < -0.4 is 15.4 Å². The van der Waals surface area contributed by atoms with Gasteiger partial charge in [-0.05, 0) is 44.4 Å². The van der Waals surface area contributed by atoms with Crippen LogP contribution in [0, 0.1) is 5.92 Å². The molecule has 1 fully saturated rings. The minimum absolute atomic E-state index is 0. The third kappa shape index (κ3) is 3.93. The second kappa shape index (κ2) is 7.84. The summed E-state index contributed by atoms with van der Waals surface area (Å²) in [6.45, 7) is 4.55. The van der Waals surface area contributed by atoms with Crippen LogP contribution in [0.25, 0.3) is 0 Å². The van der Waals surface area contributed by atoms with Crippen LogP contribution in [0.15, 0.2) is 24.3 Å². The highest BCUT2D eigenvalue weighted by Gasteiger charge is 2.26. The molecule has 3 rings (SSSR count). The van der Waals surface area contributed by atoms with E-state index in [1.165, 1.54) is 5.56 Å². The number of benzene rings is 1. The van der Waals surface area contributed by atoms with Crippen molar-refractivity contribution in [2.24, 2.45) is 5.92 Å². The number of amides is 1. The maximum Gasteiger partial charge on any atom is 0.223 e. The van der Waals surface area contributed by atoms with E-state index in [0.29, 0.717) is 12.0 Å². The first-order valence-electron chi connectivity index (χ1n) is 7.97. The van der Waals surface area contributed by atoms with Crippen LogP contribution in [0.4, 0.5) is 0 Å². The quantitative estimate of drug-likeness (QED) is 0.898. The molecular formula is C17H25ClN2O2. The SMILES string of the molecule is C[C@H]1C[C@@H](C(=O)NCC2CCOc3ccccc32)CCN1.Cl. The van der Waals surface area contributed by atoms with Gasteiger partial charge in [0.2, 0.25) is 5.91 Å². The van der Waals surface area contributed by atoms with Gasteiger partial charge in [0.1, 0.15) is 5.75 Å². The molecule has 0 saturated carbocycles. The number of carbonyl (C=O) groups is 1. The fraction of sp³-hybridized carbons (Fsp3) is 0.588. The van der Waals surface area contributed by atoms with Crippen molar-refractivity contribution >= 4 is 18.3 Å². The fourth-order valence-electron chi connectivity index (χ4n) is 3.37. The van der Waals surface area contributed by atoms with Crippen LogP contribution in [0.1, 0.15) is 37.7 Å². The van der Waals surface area contributed by atoms with Gasteiger partial charge in [-0.1, -0.05) is 18.2 Å². The van der Waals surface area contributed by atoms with Crippen LogP contribution in [-0.4, -0.2) is 31.6 Å². The molecule has 1 saturated heterocycles. The lowest BCUT2D eigenvalue weighted by atomic mass is 9.91. The summed E-state index contributed by atoms with van der Waals surface area (Å²) in [5.74, 6) is 1.72. The highest BCUT2D eigenvalue weighted by molar-refractivity contribution is 5.85. The molecule has 1 aromatic rings. The van der Waals surface area contributed by atoms with Crippen LogP contribution in [0.5, 0.6) is 5.75 Å². The van der Waals surface area contributed by atoms with Crippen molar-refractivity contribution in [1.29, 1.82) is 0 Å². The molecule has 2 aliphatic rings. The lowest BCUT2D eigenvalue weighted by Crippen LogP contribution is -2.43. The van der Waals surface area contributed by atoms with Crippen molar-refractivity contribution in [2.75, 3.05) is 19.7 Å². The maximum absolute atomic E-state index is 12.3. The molecule has 1 aromatic carbocycles. The number of piperidine rings is 1. The number of nitrogens with one attached hydrogen (secondary N) is 2. The Hall–Kier alpha value is -1.26. The Morgan fingerprint density at radius 1 is 1.36 bits per heavy atom. The topological polar surface area (TPSA) is 50.4 Å². The number of hydrogen-bond donors (Lipinski definition) is 2. The normalized spacial score (nSPS) is 27.0. The first kappa shape index (κ1) is 17.1. The maximum atomic E-state index is 12.3. The van der Waals surface area contributed by atoms with Crippen molar-refractivity contribution in [3.63, 3.8) is 0 Å². The van der Waals surface area contributed by atoms with E-state index in [9.17, 15) is 4.79 Å². The molecule has 2 heterocycles. The van der Waals surface area contributed by atoms with Gasteiger partial charge in [-0.25, -0.2) is 0 Å². The van der Waals surface area contributed by atoms with E-state index in [0.717, 1.165) is 44.7 Å². The molecule has 0 radical (unpaired) electrons. The molecule has 1 amide bonds. The summed E-state index contributed by atoms with van der Waals surface area (Å²) >= 11 is 0. The molecular weight excluding hydrogens is 300 g/mol. The van der Waals surface area contributed by atoms with Crippen LogP contribution in [-0.2, 0) is 4.79 Å². The van der Waals surface area contributed by atoms with Gasteiger partial charge in [0, 0.05) is 24.4 Å². The predicted molar refractivity (Wildman–Crippen MR) is 89.7 cm³/mol. The van der Waals surface area contributed by atoms with E-state index in [1.54, 1.807) is 0 Å². The molecule has 3 atom stereocenters. The van der Waals surface area contributed by atoms with Crippen molar-refractivity contribution in [2.45, 2.75) is 38.1 Å². The van der Waals surface area contributed by atoms with Gasteiger partial charge in [0.15, 0.2) is 0 Å². The third-order valence-electron chi connectivity index (χ3n) is 4.60. The van der Waals surface area contributed by atoms with E-state index in [1.807, 2.05) is 18.2 Å². The van der Waals surface area contributed by atoms with Crippen molar-refractivity contribution in [3.05, 3.63) is 29.8 Å². The summed E-state index contributed by atoms with van der Waals surface area (Å²) in [6.07, 6.45) is 2.86. The Morgan fingerprint density at radius 2 is 2.18 bits per heavy atom. The summed E-state index contributed by atoms with van der Waals surface area (Å²) < 4.78 is 5.67. The molecule has 2 N–H and O–H groups in total. The van der Waals surface area contributed by atoms with Gasteiger partial charge in [-0.2, -0.15) is 0 Å². The van der Waals surface area contributed by atoms with Crippen molar-refractivity contribution in [1.82, 2.24) is 10.6 Å². The minimum Gasteiger partial charge on any atom is -0.493 e. The fourth-order valence-corrected chi connectivity index (χ4v) is 3.37. The zero-order chi connectivity index (χ0) is 14.7. The van der Waals surface area contributed by atoms with Crippen molar-refractivity contribution in [3.8, 4) is 5.75 Å². The van der Waals surface area contributed by atoms with Crippen LogP contribution >= 0.6 is 12.4 Å². The molecule has 0 bridgehead atoms. The number of carbonyl (C=O) groups excluding carboxylic acids is 1. The minimum atomic E-state index is 0. The molecule has 22 heavy (non-hydrogen) atoms. The molecule has 0 aromatic heterocycles. The lowest BCUT2D eigenvalue weighted by molar-refractivity contribution is -0.126. The van der Waals surface area contributed by atoms with Gasteiger partial charge in [0.25, 0.3) is 0 Å². The molecule has 0 aliphatic carbocycles. The summed E-state index contributed by atoms with van der Waals surface area (Å²) in [4.78, 5) is 12.3. The molecule has 5 heteroatoms. The predicted octanol–water partition coefficient (Wildman–Crippen LogP) is 2.48. The zero-order valence-corrected chi connectivity index (χ0v) is 13.8. The summed E-state index contributed by atoms with van der Waals surface area (Å²) in [6, 6.07) is 8.60. The van der Waals surface area contributed by atoms with Crippen LogP contribution in [0.3, 0.4) is 0 Å². The van der Waals surface area contributed by atoms with Gasteiger partial charge < -0.3 is 15.4 Å². The van der Waals surface area contributed by atoms with Crippen molar-refractivity contribution < 1.29 is 9.53 Å². The zero-order valence-electron chi connectivity index (χ0n) is 13.0. The molecule has 0 spiro atoms. The Labute approximate surface area is 138 Å². The molecule has 2 aliphatic heterocycles. The second-order valence-corrected chi connectivity index (χ2v) is 6.19. The van der Waals surface area contributed by atoms with E-state index in [2.05, 4.69) is 23.6 Å². The van der Waals surface area contributed by atoms with Gasteiger partial charge >= 0.3 is 0 Å². The van der Waals surface area contributed by atoms with E-state index in [4.69, 9.17) is 4.74 Å². The first-order valence-corrected chi connectivity index (χ1v) is 7.97. The highest BCUT2D eigenvalue weighted by atomic mass is 35.5. The molecule has 122 valence electrons. The average Bonchev–Trinajstić information content (AvgIpc) is 2.52. The lowest BCUT2D eigenvalue weighted by Gasteiger charge is -2.29. The summed E-state index contributed by atoms with van der Waals surface area (Å²) in [5, 5.41) is 6.55. The molecule has 1 unspecified atom stereocenters. The standard InChI is InChI=1S/C17H24N2O2.ClH/c1-12-10-13(6-8-18-12)17(20)19-11-14-7-9-21-16-5-3-2-4-15(14)16;/h2-5,12-14,18H,6-11H2,1H3,(H,19,20);1H/t12-,13-,14?;/m0./s1. The number of para-hydroxylation sites is 1. The number of rotatable bonds is 3. The third-order valence-corrected chi connectivity index (χ3v) is 4.60. The Balaban J connectivity index is 0.00000176. The van der Waals surface area contributed by atoms with E-state index in [-0.39, 0.29) is 24.2 Å². The van der Waals surface area contributed by atoms with Gasteiger partial charge in [-0.15, -0.1) is 12.4 Å². The number of halogens is 1. The first-order chi connectivity index (χ1) is 10.2. The second-order valence-electron chi connectivity index (χ2n) is 6.19. The highest BCUT2D eigenvalue weighted by Crippen LogP contribution is 2.32. The average molecular weight is 325 g/mol. The Kier molecular flexibility index (Phi) is 6.09. The van der Waals surface area contributed by atoms with Gasteiger partial charge in [0.05, 0.1) is 6.61 Å². The van der Waals surface area contributed by atoms with Crippen LogP contribution in [0.2, 0.25) is 0 Å². The Morgan fingerprint density at radius 3 is 3.00 bits per heavy atom. The summed E-state index contributed by atoms with van der Waals surface area (Å²) in [7, 11) is 0. The number of fused-ring (bicyclic) bond motifs is 1. The number of hydrogen-bond acceptors (Lipinski definition) is 3. The van der Waals surface area contributed by atoms with E-state index < -0.39 is 0 Å². The van der Waals surface area contributed by atoms with E-state index >= 15 is 0 Å².